The van der Waals surface area contributed by atoms with Gasteiger partial charge in [0.25, 0.3) is 0 Å². The number of esters is 2. The van der Waals surface area contributed by atoms with Gasteiger partial charge in [0.05, 0.1) is 32.0 Å². The predicted molar refractivity (Wildman–Crippen MR) is 226 cm³/mol. The molecular weight excluding hydrogens is 751 g/mol. The smallest absolute Gasteiger partial charge is 0.462 e. The Bertz CT molecular complexity index is 1210. The molecule has 0 aliphatic carbocycles. The predicted octanol–water partition coefficient (Wildman–Crippen LogP) is 8.83. The second-order valence-corrected chi connectivity index (χ2v) is 15.5. The number of aliphatic hydroxyl groups excluding tert-OH is 4. The van der Waals surface area contributed by atoms with Gasteiger partial charge in [-0.05, 0) is 38.5 Å². The van der Waals surface area contributed by atoms with Crippen LogP contribution in [0.25, 0.3) is 0 Å². The Kier molecular flexibility index (Phi) is 37.0. The lowest BCUT2D eigenvalue weighted by Gasteiger charge is -2.20. The molecular formula is C44H75O12P. The molecule has 5 atom stereocenters. The van der Waals surface area contributed by atoms with Gasteiger partial charge in [-0.15, -0.1) is 0 Å². The van der Waals surface area contributed by atoms with E-state index in [0.29, 0.717) is 32.1 Å². The van der Waals surface area contributed by atoms with Crippen molar-refractivity contribution < 1.29 is 58.0 Å². The van der Waals surface area contributed by atoms with Crippen molar-refractivity contribution in [1.29, 1.82) is 0 Å². The van der Waals surface area contributed by atoms with Crippen LogP contribution in [0.15, 0.2) is 72.9 Å². The van der Waals surface area contributed by atoms with Crippen LogP contribution < -0.4 is 0 Å². The van der Waals surface area contributed by atoms with E-state index in [1.165, 1.54) is 57.8 Å². The first-order chi connectivity index (χ1) is 27.5. The largest absolute Gasteiger partial charge is 0.472 e. The molecule has 5 N–H and O–H groups in total. The number of phosphoric ester groups is 1. The van der Waals surface area contributed by atoms with Gasteiger partial charge in [-0.3, -0.25) is 18.6 Å². The first-order valence-electron chi connectivity index (χ1n) is 21.1. The van der Waals surface area contributed by atoms with Gasteiger partial charge in [0.1, 0.15) is 12.7 Å². The van der Waals surface area contributed by atoms with Crippen LogP contribution in [0, 0.1) is 0 Å². The summed E-state index contributed by atoms with van der Waals surface area (Å²) in [4.78, 5) is 34.9. The molecule has 0 amide bonds. The van der Waals surface area contributed by atoms with Crippen molar-refractivity contribution in [2.75, 3.05) is 26.4 Å². The van der Waals surface area contributed by atoms with E-state index < -0.39 is 70.6 Å². The molecule has 0 bridgehead atoms. The van der Waals surface area contributed by atoms with E-state index in [-0.39, 0.29) is 12.8 Å². The molecule has 0 saturated heterocycles. The van der Waals surface area contributed by atoms with Crippen molar-refractivity contribution in [3.05, 3.63) is 72.9 Å². The number of hydrogen-bond donors (Lipinski definition) is 5. The van der Waals surface area contributed by atoms with Gasteiger partial charge in [-0.1, -0.05) is 164 Å². The van der Waals surface area contributed by atoms with Crippen LogP contribution >= 0.6 is 7.82 Å². The summed E-state index contributed by atoms with van der Waals surface area (Å²) in [5.41, 5.74) is 0. The first-order valence-corrected chi connectivity index (χ1v) is 22.6. The minimum Gasteiger partial charge on any atom is -0.462 e. The number of aliphatic hydroxyl groups is 4. The molecule has 0 aromatic carbocycles. The maximum absolute atomic E-state index is 12.6. The standard InChI is InChI=1S/C44H75O12P/c1-3-5-7-8-9-10-11-12-13-14-15-20-28-34-44(50)56-42(38-55-57(51,52)54-36-41(48)35-45)37-53-43(49)33-27-19-17-16-18-24-30-40(47)32-26-22-21-25-31-39(46)29-23-6-4-2/h6,17-19,21-26,31-32,39-42,45-48H,3-5,7-16,20,27-30,33-38H2,1-2H3,(H,51,52)/b19-17-,22-21-,23-6-,24-18-,31-25+,32-26+/t39-,40+,41+,42-/m1/s1. The number of allylic oxidation sites excluding steroid dienone is 8. The fraction of sp³-hybridized carbons (Fsp3) is 0.682. The highest BCUT2D eigenvalue weighted by Crippen LogP contribution is 2.43. The third kappa shape index (κ3) is 38.6. The molecule has 0 aromatic rings. The van der Waals surface area contributed by atoms with Crippen LogP contribution in [0.2, 0.25) is 0 Å². The third-order valence-electron chi connectivity index (χ3n) is 8.56. The molecule has 0 radical (unpaired) electrons. The van der Waals surface area contributed by atoms with Gasteiger partial charge in [-0.2, -0.15) is 0 Å². The van der Waals surface area contributed by atoms with E-state index in [1.807, 2.05) is 43.4 Å². The molecule has 0 spiro atoms. The van der Waals surface area contributed by atoms with Crippen LogP contribution in [0.3, 0.4) is 0 Å². The van der Waals surface area contributed by atoms with Crippen molar-refractivity contribution in [3.8, 4) is 0 Å². The monoisotopic (exact) mass is 826 g/mol. The lowest BCUT2D eigenvalue weighted by atomic mass is 10.0. The molecule has 57 heavy (non-hydrogen) atoms. The lowest BCUT2D eigenvalue weighted by Crippen LogP contribution is -2.29. The van der Waals surface area contributed by atoms with Gasteiger partial charge >= 0.3 is 19.8 Å². The average molecular weight is 827 g/mol. The molecule has 0 fully saturated rings. The van der Waals surface area contributed by atoms with Crippen molar-refractivity contribution in [2.45, 2.75) is 167 Å². The number of phosphoric acid groups is 1. The molecule has 1 unspecified atom stereocenters. The van der Waals surface area contributed by atoms with Gasteiger partial charge in [0, 0.05) is 12.8 Å². The van der Waals surface area contributed by atoms with Crippen molar-refractivity contribution in [3.63, 3.8) is 0 Å². The fourth-order valence-electron chi connectivity index (χ4n) is 5.25. The molecule has 328 valence electrons. The molecule has 12 nitrogen and oxygen atoms in total. The Labute approximate surface area is 343 Å². The van der Waals surface area contributed by atoms with Gasteiger partial charge in [-0.25, -0.2) is 4.57 Å². The number of carbonyl (C=O) groups excluding carboxylic acids is 2. The quantitative estimate of drug-likeness (QED) is 0.0131. The maximum atomic E-state index is 12.6. The average Bonchev–Trinajstić information content (AvgIpc) is 3.19. The van der Waals surface area contributed by atoms with Crippen molar-refractivity contribution in [1.82, 2.24) is 0 Å². The highest BCUT2D eigenvalue weighted by atomic mass is 31.2. The second kappa shape index (κ2) is 38.8. The van der Waals surface area contributed by atoms with Crippen LogP contribution in [-0.2, 0) is 32.7 Å². The Balaban J connectivity index is 4.55. The number of unbranched alkanes of at least 4 members (excludes halogenated alkanes) is 12. The Hall–Kier alpha value is -2.67. The van der Waals surface area contributed by atoms with Crippen LogP contribution in [0.5, 0.6) is 0 Å². The second-order valence-electron chi connectivity index (χ2n) is 14.0. The summed E-state index contributed by atoms with van der Waals surface area (Å²) >= 11 is 0. The zero-order chi connectivity index (χ0) is 42.2. The topological polar surface area (TPSA) is 189 Å². The van der Waals surface area contributed by atoms with E-state index in [2.05, 4.69) is 11.4 Å². The summed E-state index contributed by atoms with van der Waals surface area (Å²) in [6.07, 6.45) is 36.6. The zero-order valence-electron chi connectivity index (χ0n) is 34.7. The number of rotatable bonds is 38. The van der Waals surface area contributed by atoms with E-state index >= 15 is 0 Å². The Morgan fingerprint density at radius 1 is 0.614 bits per heavy atom. The summed E-state index contributed by atoms with van der Waals surface area (Å²) < 4.78 is 32.5. The summed E-state index contributed by atoms with van der Waals surface area (Å²) in [5.74, 6) is -1.10. The van der Waals surface area contributed by atoms with Gasteiger partial charge < -0.3 is 34.8 Å². The number of carbonyl (C=O) groups is 2. The van der Waals surface area contributed by atoms with Crippen molar-refractivity contribution in [2.24, 2.45) is 0 Å². The molecule has 0 aliphatic heterocycles. The number of hydrogen-bond acceptors (Lipinski definition) is 11. The van der Waals surface area contributed by atoms with Crippen LogP contribution in [0.1, 0.15) is 142 Å². The van der Waals surface area contributed by atoms with E-state index in [4.69, 9.17) is 19.1 Å². The summed E-state index contributed by atoms with van der Waals surface area (Å²) in [6, 6.07) is 0. The van der Waals surface area contributed by atoms with E-state index in [1.54, 1.807) is 36.5 Å². The maximum Gasteiger partial charge on any atom is 0.472 e. The molecule has 0 heterocycles. The SMILES string of the molecule is CC/C=C\C[C@@H](O)/C=C/C=C\C=C\[C@@H](O)C/C=C\C/C=C\CCC(=O)OC[C@H](COP(=O)(O)OC[C@@H](O)CO)OC(=O)CCCCCCCCCCCCCCC. The molecule has 0 saturated carbocycles. The van der Waals surface area contributed by atoms with E-state index in [9.17, 15) is 34.4 Å². The first kappa shape index (κ1) is 54.3. The molecule has 0 aliphatic rings. The third-order valence-corrected chi connectivity index (χ3v) is 9.51. The minimum absolute atomic E-state index is 0.0580. The lowest BCUT2D eigenvalue weighted by molar-refractivity contribution is -0.161. The highest BCUT2D eigenvalue weighted by Gasteiger charge is 2.27. The van der Waals surface area contributed by atoms with Gasteiger partial charge in [0.2, 0.25) is 0 Å². The summed E-state index contributed by atoms with van der Waals surface area (Å²) in [5, 5.41) is 38.2. The zero-order valence-corrected chi connectivity index (χ0v) is 35.6. The molecule has 0 aromatic heterocycles. The minimum atomic E-state index is -4.66. The normalized spacial score (nSPS) is 15.7. The number of ether oxygens (including phenoxy) is 2. The summed E-state index contributed by atoms with van der Waals surface area (Å²) in [6.45, 7) is 1.97. The van der Waals surface area contributed by atoms with E-state index in [0.717, 1.165) is 25.7 Å². The Morgan fingerprint density at radius 2 is 1.14 bits per heavy atom. The molecule has 13 heteroatoms. The van der Waals surface area contributed by atoms with Crippen molar-refractivity contribution >= 4 is 19.8 Å². The summed E-state index contributed by atoms with van der Waals surface area (Å²) in [7, 11) is -4.66. The molecule has 0 rings (SSSR count). The highest BCUT2D eigenvalue weighted by molar-refractivity contribution is 7.47. The fourth-order valence-corrected chi connectivity index (χ4v) is 6.04. The van der Waals surface area contributed by atoms with Crippen LogP contribution in [-0.4, -0.2) is 88.1 Å². The van der Waals surface area contributed by atoms with Gasteiger partial charge in [0.15, 0.2) is 6.10 Å². The van der Waals surface area contributed by atoms with Crippen LogP contribution in [0.4, 0.5) is 0 Å². The Morgan fingerprint density at radius 3 is 1.70 bits per heavy atom.